The molecule has 5 heteroatoms. The Morgan fingerprint density at radius 3 is 2.00 bits per heavy atom. The number of hydrogen-bond donors (Lipinski definition) is 1. The van der Waals surface area contributed by atoms with Crippen molar-refractivity contribution < 1.29 is 24.2 Å². The minimum Gasteiger partial charge on any atom is -0.478 e. The zero-order valence-corrected chi connectivity index (χ0v) is 17.4. The summed E-state index contributed by atoms with van der Waals surface area (Å²) < 4.78 is 6.07. The van der Waals surface area contributed by atoms with Crippen LogP contribution in [0.25, 0.3) is 0 Å². The highest BCUT2D eigenvalue weighted by Gasteiger charge is 2.50. The molecule has 160 valence electrons. The number of aromatic carboxylic acids is 1. The second-order valence-corrected chi connectivity index (χ2v) is 7.71. The molecule has 1 unspecified atom stereocenters. The molecule has 33 heavy (non-hydrogen) atoms. The Morgan fingerprint density at radius 1 is 0.697 bits per heavy atom. The Hall–Kier alpha value is -4.51. The third-order valence-electron chi connectivity index (χ3n) is 5.89. The first-order valence-corrected chi connectivity index (χ1v) is 10.4. The van der Waals surface area contributed by atoms with Crippen molar-refractivity contribution in [3.63, 3.8) is 0 Å². The van der Waals surface area contributed by atoms with E-state index in [2.05, 4.69) is 0 Å². The minimum absolute atomic E-state index is 0.00967. The zero-order chi connectivity index (χ0) is 23.0. The summed E-state index contributed by atoms with van der Waals surface area (Å²) in [4.78, 5) is 38.9. The Balaban J connectivity index is 1.89. The number of carbonyl (C=O) groups excluding carboxylic acids is 2. The number of benzene rings is 4. The molecule has 0 fully saturated rings. The fourth-order valence-electron chi connectivity index (χ4n) is 4.46. The Labute approximate surface area is 189 Å². The van der Waals surface area contributed by atoms with Gasteiger partial charge in [0, 0.05) is 27.8 Å². The summed E-state index contributed by atoms with van der Waals surface area (Å²) in [6, 6.07) is 29.1. The van der Waals surface area contributed by atoms with Crippen LogP contribution in [0.1, 0.15) is 53.3 Å². The van der Waals surface area contributed by atoms with E-state index in [0.717, 1.165) is 0 Å². The molecule has 0 bridgehead atoms. The number of fused-ring (bicyclic) bond motifs is 1. The van der Waals surface area contributed by atoms with Gasteiger partial charge in [0.2, 0.25) is 0 Å². The van der Waals surface area contributed by atoms with Crippen molar-refractivity contribution in [2.75, 3.05) is 0 Å². The molecule has 0 radical (unpaired) electrons. The highest BCUT2D eigenvalue weighted by atomic mass is 16.6. The smallest absolute Gasteiger partial charge is 0.340 e. The lowest BCUT2D eigenvalue weighted by atomic mass is 9.76. The van der Waals surface area contributed by atoms with Gasteiger partial charge in [0.1, 0.15) is 0 Å². The first-order valence-electron chi connectivity index (χ1n) is 10.4. The van der Waals surface area contributed by atoms with Crippen LogP contribution >= 0.6 is 0 Å². The van der Waals surface area contributed by atoms with Crippen molar-refractivity contribution in [2.24, 2.45) is 0 Å². The first kappa shape index (κ1) is 20.4. The highest BCUT2D eigenvalue weighted by Crippen LogP contribution is 2.48. The summed E-state index contributed by atoms with van der Waals surface area (Å²) in [5.41, 5.74) is 0.565. The second-order valence-electron chi connectivity index (χ2n) is 7.71. The lowest BCUT2D eigenvalue weighted by Gasteiger charge is -2.32. The average molecular weight is 434 g/mol. The lowest BCUT2D eigenvalue weighted by Crippen LogP contribution is -2.32. The van der Waals surface area contributed by atoms with Crippen molar-refractivity contribution in [3.8, 4) is 0 Å². The van der Waals surface area contributed by atoms with E-state index in [1.165, 1.54) is 6.07 Å². The van der Waals surface area contributed by atoms with Crippen LogP contribution in [0, 0.1) is 0 Å². The van der Waals surface area contributed by atoms with Crippen LogP contribution < -0.4 is 0 Å². The molecule has 0 spiro atoms. The van der Waals surface area contributed by atoms with E-state index >= 15 is 0 Å². The molecular weight excluding hydrogens is 416 g/mol. The number of esters is 1. The molecule has 1 aliphatic heterocycles. The number of ether oxygens (including phenoxy) is 1. The Morgan fingerprint density at radius 2 is 1.30 bits per heavy atom. The first-order chi connectivity index (χ1) is 16.0. The Kier molecular flexibility index (Phi) is 4.87. The van der Waals surface area contributed by atoms with Gasteiger partial charge >= 0.3 is 11.9 Å². The summed E-state index contributed by atoms with van der Waals surface area (Å²) in [5, 5.41) is 9.97. The van der Waals surface area contributed by atoms with Crippen LogP contribution in [0.3, 0.4) is 0 Å². The van der Waals surface area contributed by atoms with Gasteiger partial charge in [0.25, 0.3) is 0 Å². The van der Waals surface area contributed by atoms with Crippen molar-refractivity contribution in [1.82, 2.24) is 0 Å². The zero-order valence-electron chi connectivity index (χ0n) is 17.4. The van der Waals surface area contributed by atoms with Crippen LogP contribution in [-0.2, 0) is 10.3 Å². The molecule has 4 aromatic rings. The van der Waals surface area contributed by atoms with E-state index in [0.29, 0.717) is 27.8 Å². The van der Waals surface area contributed by atoms with E-state index in [-0.39, 0.29) is 11.1 Å². The van der Waals surface area contributed by atoms with Crippen LogP contribution in [-0.4, -0.2) is 22.8 Å². The van der Waals surface area contributed by atoms with Crippen LogP contribution in [0.5, 0.6) is 0 Å². The van der Waals surface area contributed by atoms with E-state index in [1.807, 2.05) is 18.2 Å². The number of cyclic esters (lactones) is 1. The SMILES string of the molecule is O=C1OC(c2ccccc2)(c2cccc(C(=O)O)c2C(=O)c2ccccc2)c2ccccc21. The van der Waals surface area contributed by atoms with Gasteiger partial charge in [-0.15, -0.1) is 0 Å². The lowest BCUT2D eigenvalue weighted by molar-refractivity contribution is 0.0248. The normalized spacial score (nSPS) is 16.7. The molecule has 5 rings (SSSR count). The van der Waals surface area contributed by atoms with E-state index in [4.69, 9.17) is 4.74 Å². The largest absolute Gasteiger partial charge is 0.478 e. The second kappa shape index (κ2) is 7.88. The maximum absolute atomic E-state index is 13.7. The predicted octanol–water partition coefficient (Wildman–Crippen LogP) is 5.08. The van der Waals surface area contributed by atoms with Crippen LogP contribution in [0.15, 0.2) is 103 Å². The van der Waals surface area contributed by atoms with Gasteiger partial charge in [-0.05, 0) is 12.1 Å². The molecule has 0 aromatic heterocycles. The highest BCUT2D eigenvalue weighted by molar-refractivity contribution is 6.15. The summed E-state index contributed by atoms with van der Waals surface area (Å²) in [7, 11) is 0. The number of carboxylic acids is 1. The monoisotopic (exact) mass is 434 g/mol. The summed E-state index contributed by atoms with van der Waals surface area (Å²) in [5.74, 6) is -2.23. The molecule has 0 saturated carbocycles. The van der Waals surface area contributed by atoms with Crippen molar-refractivity contribution in [2.45, 2.75) is 5.60 Å². The van der Waals surface area contributed by atoms with Crippen LogP contribution in [0.2, 0.25) is 0 Å². The summed E-state index contributed by atoms with van der Waals surface area (Å²) in [6.07, 6.45) is 0. The van der Waals surface area contributed by atoms with Gasteiger partial charge in [-0.25, -0.2) is 9.59 Å². The number of rotatable bonds is 5. The number of ketones is 1. The van der Waals surface area contributed by atoms with Gasteiger partial charge in [0.05, 0.1) is 11.1 Å². The third kappa shape index (κ3) is 3.13. The molecule has 1 N–H and O–H groups in total. The number of carboxylic acid groups (broad SMARTS) is 1. The molecule has 1 aliphatic rings. The molecule has 0 amide bonds. The van der Waals surface area contributed by atoms with Crippen molar-refractivity contribution in [1.29, 1.82) is 0 Å². The third-order valence-corrected chi connectivity index (χ3v) is 5.89. The van der Waals surface area contributed by atoms with Crippen molar-refractivity contribution >= 4 is 17.7 Å². The van der Waals surface area contributed by atoms with Gasteiger partial charge in [-0.1, -0.05) is 91.0 Å². The standard InChI is InChI=1S/C28H18O5/c29-25(18-10-3-1-4-11-18)24-21(26(30)31)15-9-17-23(24)28(19-12-5-2-6-13-19)22-16-8-7-14-20(22)27(32)33-28/h1-17H,(H,30,31). The number of carbonyl (C=O) groups is 3. The van der Waals surface area contributed by atoms with Crippen LogP contribution in [0.4, 0.5) is 0 Å². The van der Waals surface area contributed by atoms with Gasteiger partial charge in [-0.2, -0.15) is 0 Å². The maximum atomic E-state index is 13.7. The average Bonchev–Trinajstić information content (AvgIpc) is 3.17. The van der Waals surface area contributed by atoms with E-state index in [1.54, 1.807) is 78.9 Å². The fourth-order valence-corrected chi connectivity index (χ4v) is 4.46. The van der Waals surface area contributed by atoms with Gasteiger partial charge < -0.3 is 9.84 Å². The molecule has 0 aliphatic carbocycles. The van der Waals surface area contributed by atoms with E-state index < -0.39 is 23.3 Å². The minimum atomic E-state index is -1.47. The Bertz CT molecular complexity index is 1390. The molecule has 1 atom stereocenters. The molecule has 0 saturated heterocycles. The summed E-state index contributed by atoms with van der Waals surface area (Å²) in [6.45, 7) is 0. The topological polar surface area (TPSA) is 80.7 Å². The van der Waals surface area contributed by atoms with Gasteiger partial charge in [0.15, 0.2) is 11.4 Å². The number of hydrogen-bond acceptors (Lipinski definition) is 4. The molecular formula is C28H18O5. The fraction of sp³-hybridized carbons (Fsp3) is 0.0357. The predicted molar refractivity (Wildman–Crippen MR) is 121 cm³/mol. The maximum Gasteiger partial charge on any atom is 0.340 e. The summed E-state index contributed by atoms with van der Waals surface area (Å²) >= 11 is 0. The quantitative estimate of drug-likeness (QED) is 0.350. The van der Waals surface area contributed by atoms with Gasteiger partial charge in [-0.3, -0.25) is 4.79 Å². The molecule has 1 heterocycles. The van der Waals surface area contributed by atoms with E-state index in [9.17, 15) is 19.5 Å². The van der Waals surface area contributed by atoms with Crippen molar-refractivity contribution in [3.05, 3.63) is 142 Å². The molecule has 4 aromatic carbocycles. The molecule has 5 nitrogen and oxygen atoms in total.